The zero-order valence-corrected chi connectivity index (χ0v) is 9.32. The highest BCUT2D eigenvalue weighted by molar-refractivity contribution is 5.81. The molecule has 1 fully saturated rings. The summed E-state index contributed by atoms with van der Waals surface area (Å²) in [7, 11) is 0. The Balaban J connectivity index is 2.18. The van der Waals surface area contributed by atoms with Gasteiger partial charge in [0.1, 0.15) is 12.1 Å². The van der Waals surface area contributed by atoms with Gasteiger partial charge >= 0.3 is 5.97 Å². The first-order valence-electron chi connectivity index (χ1n) is 5.20. The molecule has 0 spiro atoms. The van der Waals surface area contributed by atoms with Gasteiger partial charge in [0.05, 0.1) is 19.3 Å². The van der Waals surface area contributed by atoms with E-state index in [-0.39, 0.29) is 19.3 Å². The van der Waals surface area contributed by atoms with E-state index < -0.39 is 11.5 Å². The molecule has 1 saturated heterocycles. The van der Waals surface area contributed by atoms with E-state index >= 15 is 0 Å². The van der Waals surface area contributed by atoms with Crippen LogP contribution in [0.4, 0.5) is 0 Å². The van der Waals surface area contributed by atoms with Crippen LogP contribution in [0, 0.1) is 0 Å². The fraction of sp³-hybridized carbons (Fsp3) is 0.900. The van der Waals surface area contributed by atoms with Crippen molar-refractivity contribution < 1.29 is 19.0 Å². The van der Waals surface area contributed by atoms with Crippen LogP contribution in [0.5, 0.6) is 0 Å². The first kappa shape index (κ1) is 12.4. The largest absolute Gasteiger partial charge is 0.462 e. The fourth-order valence-electron chi connectivity index (χ4n) is 1.30. The van der Waals surface area contributed by atoms with Crippen LogP contribution < -0.4 is 5.73 Å². The highest BCUT2D eigenvalue weighted by atomic mass is 16.6. The Morgan fingerprint density at radius 2 is 2.27 bits per heavy atom. The predicted octanol–water partition coefficient (Wildman–Crippen LogP) is 0.0724. The summed E-state index contributed by atoms with van der Waals surface area (Å²) in [5, 5.41) is 0. The maximum absolute atomic E-state index is 11.5. The van der Waals surface area contributed by atoms with Gasteiger partial charge in [0.15, 0.2) is 0 Å². The van der Waals surface area contributed by atoms with Crippen molar-refractivity contribution in [1.82, 2.24) is 0 Å². The van der Waals surface area contributed by atoms with E-state index in [1.807, 2.05) is 13.8 Å². The molecule has 5 heteroatoms. The summed E-state index contributed by atoms with van der Waals surface area (Å²) in [5.74, 6) is -0.396. The standard InChI is InChI=1S/C10H19NO4/c1-8(2)14-5-6-15-9(12)10(11)3-4-13-7-10/h8H,3-7,11H2,1-2H3. The number of esters is 1. The molecular weight excluding hydrogens is 198 g/mol. The molecule has 0 aromatic carbocycles. The second-order valence-corrected chi connectivity index (χ2v) is 4.01. The van der Waals surface area contributed by atoms with Crippen molar-refractivity contribution in [1.29, 1.82) is 0 Å². The zero-order valence-electron chi connectivity index (χ0n) is 9.32. The van der Waals surface area contributed by atoms with Gasteiger partial charge in [-0.05, 0) is 13.8 Å². The van der Waals surface area contributed by atoms with Crippen LogP contribution in [0.25, 0.3) is 0 Å². The molecule has 88 valence electrons. The Morgan fingerprint density at radius 1 is 1.53 bits per heavy atom. The van der Waals surface area contributed by atoms with Gasteiger partial charge in [0.25, 0.3) is 0 Å². The number of hydrogen-bond acceptors (Lipinski definition) is 5. The average Bonchev–Trinajstić information content (AvgIpc) is 2.60. The summed E-state index contributed by atoms with van der Waals surface area (Å²) < 4.78 is 15.3. The van der Waals surface area contributed by atoms with Crippen LogP contribution in [0.1, 0.15) is 20.3 Å². The van der Waals surface area contributed by atoms with E-state index in [9.17, 15) is 4.79 Å². The molecule has 0 radical (unpaired) electrons. The van der Waals surface area contributed by atoms with Crippen molar-refractivity contribution in [3.63, 3.8) is 0 Å². The first-order valence-corrected chi connectivity index (χ1v) is 5.20. The minimum Gasteiger partial charge on any atom is -0.462 e. The maximum Gasteiger partial charge on any atom is 0.328 e. The van der Waals surface area contributed by atoms with Gasteiger partial charge in [-0.1, -0.05) is 0 Å². The Morgan fingerprint density at radius 3 is 2.80 bits per heavy atom. The van der Waals surface area contributed by atoms with Crippen LogP contribution >= 0.6 is 0 Å². The molecule has 0 aliphatic carbocycles. The Kier molecular flexibility index (Phi) is 4.50. The monoisotopic (exact) mass is 217 g/mol. The molecule has 1 unspecified atom stereocenters. The molecule has 1 rings (SSSR count). The van der Waals surface area contributed by atoms with E-state index in [1.54, 1.807) is 0 Å². The highest BCUT2D eigenvalue weighted by Crippen LogP contribution is 2.16. The van der Waals surface area contributed by atoms with E-state index in [1.165, 1.54) is 0 Å². The third kappa shape index (κ3) is 3.77. The summed E-state index contributed by atoms with van der Waals surface area (Å²) in [6.07, 6.45) is 0.669. The average molecular weight is 217 g/mol. The lowest BCUT2D eigenvalue weighted by atomic mass is 10.0. The number of nitrogens with two attached hydrogens (primary N) is 1. The van der Waals surface area contributed by atoms with E-state index in [0.717, 1.165) is 0 Å². The van der Waals surface area contributed by atoms with Gasteiger partial charge in [-0.25, -0.2) is 4.79 Å². The molecule has 2 N–H and O–H groups in total. The van der Waals surface area contributed by atoms with Crippen LogP contribution in [0.3, 0.4) is 0 Å². The van der Waals surface area contributed by atoms with Crippen LogP contribution in [0.2, 0.25) is 0 Å². The second-order valence-electron chi connectivity index (χ2n) is 4.01. The topological polar surface area (TPSA) is 70.8 Å². The van der Waals surface area contributed by atoms with Gasteiger partial charge < -0.3 is 19.9 Å². The van der Waals surface area contributed by atoms with E-state index in [2.05, 4.69) is 0 Å². The molecule has 1 heterocycles. The lowest BCUT2D eigenvalue weighted by Crippen LogP contribution is -2.49. The Hall–Kier alpha value is -0.650. The van der Waals surface area contributed by atoms with Crippen LogP contribution in [0.15, 0.2) is 0 Å². The number of carbonyl (C=O) groups excluding carboxylic acids is 1. The van der Waals surface area contributed by atoms with Gasteiger partial charge in [0, 0.05) is 13.0 Å². The lowest BCUT2D eigenvalue weighted by molar-refractivity contribution is -0.152. The number of rotatable bonds is 5. The summed E-state index contributed by atoms with van der Waals surface area (Å²) in [5.41, 5.74) is 4.86. The van der Waals surface area contributed by atoms with Gasteiger partial charge in [0.2, 0.25) is 0 Å². The van der Waals surface area contributed by atoms with Crippen molar-refractivity contribution in [2.75, 3.05) is 26.4 Å². The predicted molar refractivity (Wildman–Crippen MR) is 54.4 cm³/mol. The van der Waals surface area contributed by atoms with Crippen molar-refractivity contribution in [2.24, 2.45) is 5.73 Å². The molecule has 0 aromatic heterocycles. The number of hydrogen-bond donors (Lipinski definition) is 1. The van der Waals surface area contributed by atoms with Crippen LogP contribution in [-0.4, -0.2) is 44.0 Å². The SMILES string of the molecule is CC(C)OCCOC(=O)C1(N)CCOC1. The van der Waals surface area contributed by atoms with Crippen molar-refractivity contribution in [3.05, 3.63) is 0 Å². The maximum atomic E-state index is 11.5. The van der Waals surface area contributed by atoms with Crippen molar-refractivity contribution >= 4 is 5.97 Å². The molecule has 15 heavy (non-hydrogen) atoms. The highest BCUT2D eigenvalue weighted by Gasteiger charge is 2.39. The minimum atomic E-state index is -0.947. The molecule has 1 aliphatic heterocycles. The van der Waals surface area contributed by atoms with Crippen molar-refractivity contribution in [3.8, 4) is 0 Å². The van der Waals surface area contributed by atoms with E-state index in [0.29, 0.717) is 19.6 Å². The lowest BCUT2D eigenvalue weighted by Gasteiger charge is -2.19. The van der Waals surface area contributed by atoms with Gasteiger partial charge in [-0.15, -0.1) is 0 Å². The summed E-state index contributed by atoms with van der Waals surface area (Å²) in [4.78, 5) is 11.5. The molecule has 0 saturated carbocycles. The molecule has 1 atom stereocenters. The molecule has 0 aromatic rings. The molecule has 5 nitrogen and oxygen atoms in total. The second kappa shape index (κ2) is 5.44. The molecular formula is C10H19NO4. The molecule has 1 aliphatic rings. The Bertz CT molecular complexity index is 211. The zero-order chi connectivity index (χ0) is 11.3. The van der Waals surface area contributed by atoms with Gasteiger partial charge in [-0.3, -0.25) is 0 Å². The van der Waals surface area contributed by atoms with Crippen LogP contribution in [-0.2, 0) is 19.0 Å². The molecule has 0 amide bonds. The summed E-state index contributed by atoms with van der Waals surface area (Å²) >= 11 is 0. The van der Waals surface area contributed by atoms with Gasteiger partial charge in [-0.2, -0.15) is 0 Å². The normalized spacial score (nSPS) is 25.9. The summed E-state index contributed by atoms with van der Waals surface area (Å²) in [6, 6.07) is 0. The number of ether oxygens (including phenoxy) is 3. The third-order valence-electron chi connectivity index (χ3n) is 2.23. The van der Waals surface area contributed by atoms with E-state index in [4.69, 9.17) is 19.9 Å². The smallest absolute Gasteiger partial charge is 0.328 e. The third-order valence-corrected chi connectivity index (χ3v) is 2.23. The summed E-state index contributed by atoms with van der Waals surface area (Å²) in [6.45, 7) is 5.27. The fourth-order valence-corrected chi connectivity index (χ4v) is 1.30. The minimum absolute atomic E-state index is 0.144. The number of carbonyl (C=O) groups is 1. The Labute approximate surface area is 89.9 Å². The first-order chi connectivity index (χ1) is 7.04. The van der Waals surface area contributed by atoms with Crippen molar-refractivity contribution in [2.45, 2.75) is 31.9 Å². The quantitative estimate of drug-likeness (QED) is 0.521. The molecule has 0 bridgehead atoms.